The lowest BCUT2D eigenvalue weighted by Gasteiger charge is -2.38. The van der Waals surface area contributed by atoms with Crippen molar-refractivity contribution in [1.29, 1.82) is 0 Å². The van der Waals surface area contributed by atoms with Gasteiger partial charge < -0.3 is 15.6 Å². The number of nitrogens with two attached hydrogens (primary N) is 1. The monoisotopic (exact) mass is 322 g/mol. The summed E-state index contributed by atoms with van der Waals surface area (Å²) in [6.07, 6.45) is 6.13. The fourth-order valence-corrected chi connectivity index (χ4v) is 3.23. The van der Waals surface area contributed by atoms with E-state index in [1.807, 2.05) is 23.2 Å². The molecule has 0 aromatic carbocycles. The molecule has 0 bridgehead atoms. The standard InChI is InChI=1S/C16H22N4O.ClH/c1-11-4-6-20(13(7-11)9-17)15(21)8-12-10-19-16-14(12)3-2-5-18-16;/h2-3,5,10-11,13H,4,6-9,17H2,1H3,(H,18,19);1H. The van der Waals surface area contributed by atoms with Crippen LogP contribution >= 0.6 is 12.4 Å². The number of pyridine rings is 1. The fraction of sp³-hybridized carbons (Fsp3) is 0.500. The van der Waals surface area contributed by atoms with Gasteiger partial charge in [0.05, 0.1) is 6.42 Å². The van der Waals surface area contributed by atoms with Crippen LogP contribution in [0, 0.1) is 5.92 Å². The highest BCUT2D eigenvalue weighted by atomic mass is 35.5. The van der Waals surface area contributed by atoms with E-state index in [1.54, 1.807) is 6.20 Å². The second kappa shape index (κ2) is 7.11. The molecule has 1 aliphatic rings. The predicted molar refractivity (Wildman–Crippen MR) is 90.0 cm³/mol. The molecule has 0 radical (unpaired) electrons. The zero-order valence-electron chi connectivity index (χ0n) is 12.8. The Labute approximate surface area is 136 Å². The molecule has 3 heterocycles. The number of likely N-dealkylation sites (tertiary alicyclic amines) is 1. The van der Waals surface area contributed by atoms with Crippen LogP contribution in [0.2, 0.25) is 0 Å². The van der Waals surface area contributed by atoms with Crippen molar-refractivity contribution in [2.75, 3.05) is 13.1 Å². The van der Waals surface area contributed by atoms with Crippen LogP contribution < -0.4 is 5.73 Å². The molecular weight excluding hydrogens is 300 g/mol. The lowest BCUT2D eigenvalue weighted by Crippen LogP contribution is -2.49. The maximum Gasteiger partial charge on any atom is 0.227 e. The van der Waals surface area contributed by atoms with Gasteiger partial charge in [-0.3, -0.25) is 4.79 Å². The van der Waals surface area contributed by atoms with E-state index in [4.69, 9.17) is 5.73 Å². The average molecular weight is 323 g/mol. The van der Waals surface area contributed by atoms with Crippen molar-refractivity contribution in [3.8, 4) is 0 Å². The van der Waals surface area contributed by atoms with E-state index in [2.05, 4.69) is 16.9 Å². The SMILES string of the molecule is CC1CCN(C(=O)Cc2c[nH]c3ncccc23)C(CN)C1.Cl. The Morgan fingerprint density at radius 3 is 3.14 bits per heavy atom. The number of carbonyl (C=O) groups excluding carboxylic acids is 1. The van der Waals surface area contributed by atoms with Crippen LogP contribution in [0.15, 0.2) is 24.5 Å². The van der Waals surface area contributed by atoms with E-state index >= 15 is 0 Å². The molecule has 1 aliphatic heterocycles. The fourth-order valence-electron chi connectivity index (χ4n) is 3.23. The lowest BCUT2D eigenvalue weighted by molar-refractivity contribution is -0.134. The van der Waals surface area contributed by atoms with Gasteiger partial charge in [0, 0.05) is 36.9 Å². The summed E-state index contributed by atoms with van der Waals surface area (Å²) in [6.45, 7) is 3.60. The topological polar surface area (TPSA) is 75.0 Å². The van der Waals surface area contributed by atoms with Crippen LogP contribution in [0.1, 0.15) is 25.3 Å². The maximum atomic E-state index is 12.6. The highest BCUT2D eigenvalue weighted by molar-refractivity contribution is 5.87. The van der Waals surface area contributed by atoms with Gasteiger partial charge in [-0.1, -0.05) is 6.92 Å². The highest BCUT2D eigenvalue weighted by Crippen LogP contribution is 2.24. The van der Waals surface area contributed by atoms with Crippen LogP contribution in [0.3, 0.4) is 0 Å². The number of amides is 1. The third-order valence-corrected chi connectivity index (χ3v) is 4.45. The Bertz CT molecular complexity index is 642. The van der Waals surface area contributed by atoms with Crippen LogP contribution in [0.5, 0.6) is 0 Å². The van der Waals surface area contributed by atoms with Gasteiger partial charge in [-0.15, -0.1) is 12.4 Å². The molecule has 2 aromatic heterocycles. The lowest BCUT2D eigenvalue weighted by atomic mass is 9.92. The molecule has 2 unspecified atom stereocenters. The number of halogens is 1. The van der Waals surface area contributed by atoms with Crippen molar-refractivity contribution in [3.05, 3.63) is 30.1 Å². The summed E-state index contributed by atoms with van der Waals surface area (Å²) in [5, 5.41) is 1.03. The number of aromatic nitrogens is 2. The molecule has 0 spiro atoms. The van der Waals surface area contributed by atoms with Crippen LogP contribution in [-0.2, 0) is 11.2 Å². The molecule has 3 rings (SSSR count). The van der Waals surface area contributed by atoms with E-state index in [-0.39, 0.29) is 24.4 Å². The summed E-state index contributed by atoms with van der Waals surface area (Å²) in [5.41, 5.74) is 7.70. The molecule has 22 heavy (non-hydrogen) atoms. The van der Waals surface area contributed by atoms with Crippen molar-refractivity contribution in [3.63, 3.8) is 0 Å². The van der Waals surface area contributed by atoms with E-state index in [1.165, 1.54) is 0 Å². The quantitative estimate of drug-likeness (QED) is 0.908. The molecular formula is C16H23ClN4O. The molecule has 1 amide bonds. The maximum absolute atomic E-state index is 12.6. The molecule has 3 N–H and O–H groups in total. The molecule has 0 saturated carbocycles. The second-order valence-electron chi connectivity index (χ2n) is 6.00. The third kappa shape index (κ3) is 3.25. The smallest absolute Gasteiger partial charge is 0.227 e. The number of piperidine rings is 1. The Kier molecular flexibility index (Phi) is 5.42. The van der Waals surface area contributed by atoms with E-state index in [0.717, 1.165) is 36.0 Å². The molecule has 2 aromatic rings. The Hall–Kier alpha value is -1.59. The minimum atomic E-state index is 0. The molecule has 5 nitrogen and oxygen atoms in total. The number of rotatable bonds is 3. The number of H-pyrrole nitrogens is 1. The Balaban J connectivity index is 0.00000176. The predicted octanol–water partition coefficient (Wildman–Crippen LogP) is 2.11. The van der Waals surface area contributed by atoms with Gasteiger partial charge in [0.1, 0.15) is 5.65 Å². The zero-order valence-corrected chi connectivity index (χ0v) is 13.6. The van der Waals surface area contributed by atoms with Crippen molar-refractivity contribution >= 4 is 29.3 Å². The number of aromatic amines is 1. The van der Waals surface area contributed by atoms with Gasteiger partial charge >= 0.3 is 0 Å². The largest absolute Gasteiger partial charge is 0.346 e. The van der Waals surface area contributed by atoms with Gasteiger partial charge in [-0.05, 0) is 36.5 Å². The van der Waals surface area contributed by atoms with Crippen molar-refractivity contribution in [1.82, 2.24) is 14.9 Å². The van der Waals surface area contributed by atoms with Gasteiger partial charge in [-0.2, -0.15) is 0 Å². The molecule has 0 aliphatic carbocycles. The van der Waals surface area contributed by atoms with Gasteiger partial charge in [0.15, 0.2) is 0 Å². The Morgan fingerprint density at radius 2 is 2.36 bits per heavy atom. The summed E-state index contributed by atoms with van der Waals surface area (Å²) < 4.78 is 0. The number of nitrogens with zero attached hydrogens (tertiary/aromatic N) is 2. The summed E-state index contributed by atoms with van der Waals surface area (Å²) in [5.74, 6) is 0.821. The van der Waals surface area contributed by atoms with Gasteiger partial charge in [-0.25, -0.2) is 4.98 Å². The minimum absolute atomic E-state index is 0. The number of hydrogen-bond donors (Lipinski definition) is 2. The highest BCUT2D eigenvalue weighted by Gasteiger charge is 2.29. The van der Waals surface area contributed by atoms with Crippen LogP contribution in [0.4, 0.5) is 0 Å². The van der Waals surface area contributed by atoms with Crippen LogP contribution in [0.25, 0.3) is 11.0 Å². The zero-order chi connectivity index (χ0) is 14.8. The number of hydrogen-bond acceptors (Lipinski definition) is 3. The first-order valence-corrected chi connectivity index (χ1v) is 7.59. The van der Waals surface area contributed by atoms with E-state index in [9.17, 15) is 4.79 Å². The first-order valence-electron chi connectivity index (χ1n) is 7.59. The molecule has 1 fully saturated rings. The van der Waals surface area contributed by atoms with Crippen LogP contribution in [-0.4, -0.2) is 39.9 Å². The first-order chi connectivity index (χ1) is 10.2. The van der Waals surface area contributed by atoms with Crippen molar-refractivity contribution in [2.24, 2.45) is 11.7 Å². The first kappa shape index (κ1) is 16.8. The summed E-state index contributed by atoms with van der Waals surface area (Å²) in [6, 6.07) is 4.08. The summed E-state index contributed by atoms with van der Waals surface area (Å²) in [7, 11) is 0. The van der Waals surface area contributed by atoms with Crippen molar-refractivity contribution in [2.45, 2.75) is 32.2 Å². The normalized spacial score (nSPS) is 21.6. The van der Waals surface area contributed by atoms with E-state index < -0.39 is 0 Å². The molecule has 6 heteroatoms. The molecule has 120 valence electrons. The number of fused-ring (bicyclic) bond motifs is 1. The minimum Gasteiger partial charge on any atom is -0.346 e. The Morgan fingerprint density at radius 1 is 1.55 bits per heavy atom. The number of carbonyl (C=O) groups is 1. The summed E-state index contributed by atoms with van der Waals surface area (Å²) in [4.78, 5) is 22.0. The van der Waals surface area contributed by atoms with Crippen molar-refractivity contribution < 1.29 is 4.79 Å². The molecule has 2 atom stereocenters. The average Bonchev–Trinajstić information content (AvgIpc) is 2.90. The second-order valence-corrected chi connectivity index (χ2v) is 6.00. The van der Waals surface area contributed by atoms with Gasteiger partial charge in [0.25, 0.3) is 0 Å². The van der Waals surface area contributed by atoms with E-state index in [0.29, 0.717) is 18.9 Å². The number of nitrogens with one attached hydrogen (secondary N) is 1. The molecule has 1 saturated heterocycles. The van der Waals surface area contributed by atoms with Gasteiger partial charge in [0.2, 0.25) is 5.91 Å². The summed E-state index contributed by atoms with van der Waals surface area (Å²) >= 11 is 0. The third-order valence-electron chi connectivity index (χ3n) is 4.45.